The Morgan fingerprint density at radius 2 is 1.58 bits per heavy atom. The summed E-state index contributed by atoms with van der Waals surface area (Å²) in [5.41, 5.74) is 3.65. The van der Waals surface area contributed by atoms with Gasteiger partial charge in [0.05, 0.1) is 25.7 Å². The molecule has 4 aromatic rings. The molecule has 0 saturated carbocycles. The Morgan fingerprint density at radius 1 is 0.842 bits per heavy atom. The fourth-order valence-electron chi connectivity index (χ4n) is 4.17. The highest BCUT2D eigenvalue weighted by molar-refractivity contribution is 5.95. The van der Waals surface area contributed by atoms with Crippen molar-refractivity contribution in [1.29, 1.82) is 0 Å². The van der Waals surface area contributed by atoms with Crippen LogP contribution in [0.4, 0.5) is 0 Å². The lowest BCUT2D eigenvalue weighted by atomic mass is 10.0. The zero-order chi connectivity index (χ0) is 26.7. The Morgan fingerprint density at radius 3 is 2.29 bits per heavy atom. The molecule has 4 rings (SSSR count). The molecule has 0 aliphatic rings. The zero-order valence-electron chi connectivity index (χ0n) is 21.0. The van der Waals surface area contributed by atoms with Crippen LogP contribution in [0.3, 0.4) is 0 Å². The summed E-state index contributed by atoms with van der Waals surface area (Å²) >= 11 is 0. The topological polar surface area (TPSA) is 100 Å². The molecule has 0 bridgehead atoms. The molecule has 1 unspecified atom stereocenters. The number of carbonyl (C=O) groups is 2. The molecule has 0 radical (unpaired) electrons. The molecule has 7 heteroatoms. The Hall–Kier alpha value is -4.36. The van der Waals surface area contributed by atoms with Gasteiger partial charge >= 0.3 is 5.97 Å². The second kappa shape index (κ2) is 13.3. The smallest absolute Gasteiger partial charge is 0.303 e. The van der Waals surface area contributed by atoms with Gasteiger partial charge in [0.15, 0.2) is 6.23 Å². The average Bonchev–Trinajstić information content (AvgIpc) is 3.49. The minimum absolute atomic E-state index is 0.133. The summed E-state index contributed by atoms with van der Waals surface area (Å²) < 4.78 is 11.2. The predicted octanol–water partition coefficient (Wildman–Crippen LogP) is 6.30. The normalized spacial score (nSPS) is 11.6. The number of amides is 1. The van der Waals surface area contributed by atoms with Crippen molar-refractivity contribution in [1.82, 2.24) is 4.90 Å². The number of carboxylic acid groups (broad SMARTS) is 1. The van der Waals surface area contributed by atoms with E-state index in [4.69, 9.17) is 14.3 Å². The van der Waals surface area contributed by atoms with Crippen LogP contribution >= 0.6 is 0 Å². The minimum atomic E-state index is -1.17. The number of nitrogens with zero attached hydrogens (tertiary/aromatic N) is 1. The van der Waals surface area contributed by atoms with E-state index in [1.165, 1.54) is 4.90 Å². The van der Waals surface area contributed by atoms with Crippen molar-refractivity contribution >= 4 is 11.9 Å². The molecule has 0 aliphatic heterocycles. The Kier molecular flexibility index (Phi) is 9.32. The largest absolute Gasteiger partial charge is 0.493 e. The maximum atomic E-state index is 13.7. The van der Waals surface area contributed by atoms with Crippen LogP contribution in [0.1, 0.15) is 53.4 Å². The van der Waals surface area contributed by atoms with Crippen molar-refractivity contribution in [2.45, 2.75) is 38.5 Å². The number of unbranched alkanes of at least 4 members (excludes halogenated alkanes) is 2. The van der Waals surface area contributed by atoms with Crippen molar-refractivity contribution in [3.05, 3.63) is 114 Å². The molecule has 3 aromatic carbocycles. The SMILES string of the molecule is O=C(O)CCCCCOc1ccccc1CN(C(=O)c1ccc(-c2ccoc2)cc1)C(O)c1ccccc1. The van der Waals surface area contributed by atoms with E-state index in [1.54, 1.807) is 36.8 Å². The van der Waals surface area contributed by atoms with Crippen LogP contribution in [-0.2, 0) is 11.3 Å². The van der Waals surface area contributed by atoms with E-state index >= 15 is 0 Å². The van der Waals surface area contributed by atoms with Gasteiger partial charge in [0, 0.05) is 28.7 Å². The van der Waals surface area contributed by atoms with Crippen LogP contribution in [0, 0.1) is 0 Å². The molecule has 38 heavy (non-hydrogen) atoms. The zero-order valence-corrected chi connectivity index (χ0v) is 21.0. The first-order valence-electron chi connectivity index (χ1n) is 12.6. The summed E-state index contributed by atoms with van der Waals surface area (Å²) in [5.74, 6) is -0.489. The van der Waals surface area contributed by atoms with E-state index in [1.807, 2.05) is 60.7 Å². The molecule has 2 N–H and O–H groups in total. The highest BCUT2D eigenvalue weighted by Gasteiger charge is 2.26. The molecule has 1 amide bonds. The van der Waals surface area contributed by atoms with Gasteiger partial charge in [-0.2, -0.15) is 0 Å². The summed E-state index contributed by atoms with van der Waals surface area (Å²) in [6, 6.07) is 25.6. The van der Waals surface area contributed by atoms with E-state index in [2.05, 4.69) is 0 Å². The fourth-order valence-corrected chi connectivity index (χ4v) is 4.17. The number of aliphatic hydroxyl groups is 1. The molecule has 1 heterocycles. The molecule has 0 saturated heterocycles. The van der Waals surface area contributed by atoms with Crippen molar-refractivity contribution in [2.24, 2.45) is 0 Å². The van der Waals surface area contributed by atoms with Gasteiger partial charge in [-0.3, -0.25) is 9.59 Å². The number of benzene rings is 3. The van der Waals surface area contributed by atoms with Crippen molar-refractivity contribution in [2.75, 3.05) is 6.61 Å². The molecule has 7 nitrogen and oxygen atoms in total. The van der Waals surface area contributed by atoms with Gasteiger partial charge in [-0.15, -0.1) is 0 Å². The molecular formula is C31H31NO6. The Bertz CT molecular complexity index is 1300. The number of hydrogen-bond donors (Lipinski definition) is 2. The fraction of sp³-hybridized carbons (Fsp3) is 0.226. The third-order valence-corrected chi connectivity index (χ3v) is 6.25. The average molecular weight is 514 g/mol. The Balaban J connectivity index is 1.53. The van der Waals surface area contributed by atoms with E-state index < -0.39 is 12.2 Å². The van der Waals surface area contributed by atoms with Gasteiger partial charge in [-0.1, -0.05) is 60.7 Å². The first kappa shape index (κ1) is 26.7. The van der Waals surface area contributed by atoms with Crippen molar-refractivity contribution < 1.29 is 29.0 Å². The van der Waals surface area contributed by atoms with Crippen LogP contribution in [0.25, 0.3) is 11.1 Å². The number of aliphatic carboxylic acids is 1. The van der Waals surface area contributed by atoms with Crippen LogP contribution in [0.15, 0.2) is 102 Å². The maximum Gasteiger partial charge on any atom is 0.303 e. The highest BCUT2D eigenvalue weighted by Crippen LogP contribution is 2.28. The third-order valence-electron chi connectivity index (χ3n) is 6.25. The molecule has 196 valence electrons. The number of hydrogen-bond acceptors (Lipinski definition) is 5. The van der Waals surface area contributed by atoms with E-state index in [-0.39, 0.29) is 18.9 Å². The number of carboxylic acids is 1. The lowest BCUT2D eigenvalue weighted by molar-refractivity contribution is -0.137. The predicted molar refractivity (Wildman–Crippen MR) is 143 cm³/mol. The maximum absolute atomic E-state index is 13.7. The number of aliphatic hydroxyl groups excluding tert-OH is 1. The summed E-state index contributed by atoms with van der Waals surface area (Å²) in [7, 11) is 0. The van der Waals surface area contributed by atoms with Crippen LogP contribution < -0.4 is 4.74 Å². The Labute approximate surface area is 221 Å². The summed E-state index contributed by atoms with van der Waals surface area (Å²) in [6.07, 6.45) is 4.30. The summed E-state index contributed by atoms with van der Waals surface area (Å²) in [5, 5.41) is 20.1. The third kappa shape index (κ3) is 7.11. The summed E-state index contributed by atoms with van der Waals surface area (Å²) in [6.45, 7) is 0.564. The van der Waals surface area contributed by atoms with Gasteiger partial charge in [0.2, 0.25) is 0 Å². The van der Waals surface area contributed by atoms with E-state index in [0.717, 1.165) is 29.5 Å². The van der Waals surface area contributed by atoms with Crippen LogP contribution in [-0.4, -0.2) is 33.6 Å². The standard InChI is InChI=1S/C31H31NO6/c33-29(34)13-5-2-8-19-38-28-12-7-6-11-26(28)21-32(30(35)24-9-3-1-4-10-24)31(36)25-16-14-23(15-17-25)27-18-20-37-22-27/h1,3-4,6-7,9-12,14-18,20,22,30,35H,2,5,8,13,19,21H2,(H,33,34). The van der Waals surface area contributed by atoms with E-state index in [0.29, 0.717) is 29.9 Å². The molecule has 1 atom stereocenters. The number of furan rings is 1. The number of ether oxygens (including phenoxy) is 1. The first-order chi connectivity index (χ1) is 18.5. The second-order valence-electron chi connectivity index (χ2n) is 8.97. The highest BCUT2D eigenvalue weighted by atomic mass is 16.5. The minimum Gasteiger partial charge on any atom is -0.493 e. The van der Waals surface area contributed by atoms with Gasteiger partial charge < -0.3 is 24.3 Å². The van der Waals surface area contributed by atoms with Crippen molar-refractivity contribution in [3.8, 4) is 16.9 Å². The molecule has 1 aromatic heterocycles. The molecule has 0 fully saturated rings. The first-order valence-corrected chi connectivity index (χ1v) is 12.6. The lowest BCUT2D eigenvalue weighted by Crippen LogP contribution is -2.34. The quantitative estimate of drug-likeness (QED) is 0.161. The van der Waals surface area contributed by atoms with Crippen LogP contribution in [0.2, 0.25) is 0 Å². The molecule has 0 spiro atoms. The summed E-state index contributed by atoms with van der Waals surface area (Å²) in [4.78, 5) is 25.8. The lowest BCUT2D eigenvalue weighted by Gasteiger charge is -2.29. The van der Waals surface area contributed by atoms with Gasteiger partial charge in [-0.05, 0) is 49.1 Å². The van der Waals surface area contributed by atoms with Gasteiger partial charge in [0.25, 0.3) is 5.91 Å². The number of para-hydroxylation sites is 1. The molecule has 0 aliphatic carbocycles. The monoisotopic (exact) mass is 513 g/mol. The number of rotatable bonds is 13. The van der Waals surface area contributed by atoms with Crippen LogP contribution in [0.5, 0.6) is 5.75 Å². The van der Waals surface area contributed by atoms with E-state index in [9.17, 15) is 14.7 Å². The number of carbonyl (C=O) groups excluding carboxylic acids is 1. The van der Waals surface area contributed by atoms with Gasteiger partial charge in [-0.25, -0.2) is 0 Å². The second-order valence-corrected chi connectivity index (χ2v) is 8.97. The van der Waals surface area contributed by atoms with Gasteiger partial charge in [0.1, 0.15) is 5.75 Å². The van der Waals surface area contributed by atoms with Crippen molar-refractivity contribution in [3.63, 3.8) is 0 Å². The molecular weight excluding hydrogens is 482 g/mol.